The maximum Gasteiger partial charge on any atom is 0.343 e. The lowest BCUT2D eigenvalue weighted by molar-refractivity contribution is 0.0734. The third kappa shape index (κ3) is 12.6. The molecule has 0 saturated carbocycles. The zero-order valence-electron chi connectivity index (χ0n) is 29.7. The van der Waals surface area contributed by atoms with Crippen molar-refractivity contribution in [3.05, 3.63) is 201 Å². The third-order valence-electron chi connectivity index (χ3n) is 7.76. The fourth-order valence-electron chi connectivity index (χ4n) is 4.55. The van der Waals surface area contributed by atoms with Crippen molar-refractivity contribution in [2.24, 2.45) is 0 Å². The van der Waals surface area contributed by atoms with Crippen molar-refractivity contribution in [3.63, 3.8) is 0 Å². The molecule has 0 unspecified atom stereocenters. The molecule has 0 atom stereocenters. The highest BCUT2D eigenvalue weighted by Crippen LogP contribution is 2.15. The number of amides is 1. The lowest BCUT2D eigenvalue weighted by atomic mass is 10.1. The molecule has 0 spiro atoms. The van der Waals surface area contributed by atoms with Gasteiger partial charge in [0.25, 0.3) is 5.91 Å². The van der Waals surface area contributed by atoms with Crippen molar-refractivity contribution in [3.8, 4) is 5.75 Å². The number of esters is 1. The van der Waals surface area contributed by atoms with Gasteiger partial charge in [0.15, 0.2) is 0 Å². The first-order valence-electron chi connectivity index (χ1n) is 16.7. The maximum atomic E-state index is 11.9. The summed E-state index contributed by atoms with van der Waals surface area (Å²) in [6, 6.07) is 47.1. The molecule has 0 radical (unpaired) electrons. The van der Waals surface area contributed by atoms with Gasteiger partial charge in [0.05, 0.1) is 5.56 Å². The van der Waals surface area contributed by atoms with Gasteiger partial charge in [-0.05, 0) is 101 Å². The zero-order valence-corrected chi connectivity index (χ0v) is 29.7. The molecular formula is C46H45NO3. The Labute approximate surface area is 297 Å². The zero-order chi connectivity index (χ0) is 35.9. The average molecular weight is 660 g/mol. The van der Waals surface area contributed by atoms with E-state index in [4.69, 9.17) is 4.74 Å². The second kappa shape index (κ2) is 18.5. The Morgan fingerprint density at radius 1 is 0.420 bits per heavy atom. The van der Waals surface area contributed by atoms with E-state index in [1.165, 1.54) is 27.8 Å². The van der Waals surface area contributed by atoms with Crippen molar-refractivity contribution >= 4 is 29.7 Å². The fourth-order valence-corrected chi connectivity index (χ4v) is 4.55. The molecule has 0 aliphatic carbocycles. The van der Waals surface area contributed by atoms with E-state index < -0.39 is 0 Å². The highest BCUT2D eigenvalue weighted by Gasteiger charge is 2.08. The van der Waals surface area contributed by atoms with Crippen LogP contribution in [-0.2, 0) is 0 Å². The highest BCUT2D eigenvalue weighted by molar-refractivity contribution is 6.04. The minimum Gasteiger partial charge on any atom is -0.423 e. The van der Waals surface area contributed by atoms with E-state index in [2.05, 4.69) is 79.8 Å². The number of hydrogen-bond acceptors (Lipinski definition) is 3. The molecule has 6 aromatic rings. The van der Waals surface area contributed by atoms with Gasteiger partial charge < -0.3 is 10.1 Å². The second-order valence-corrected chi connectivity index (χ2v) is 12.4. The van der Waals surface area contributed by atoms with Gasteiger partial charge in [0, 0.05) is 11.3 Å². The van der Waals surface area contributed by atoms with Crippen LogP contribution in [0.25, 0.3) is 12.2 Å². The molecule has 252 valence electrons. The van der Waals surface area contributed by atoms with E-state index in [0.29, 0.717) is 16.9 Å². The van der Waals surface area contributed by atoms with Gasteiger partial charge in [0.2, 0.25) is 0 Å². The van der Waals surface area contributed by atoms with E-state index in [0.717, 1.165) is 22.4 Å². The summed E-state index contributed by atoms with van der Waals surface area (Å²) in [5.41, 5.74) is 11.7. The summed E-state index contributed by atoms with van der Waals surface area (Å²) >= 11 is 0. The lowest BCUT2D eigenvalue weighted by Crippen LogP contribution is -2.11. The Kier molecular flexibility index (Phi) is 13.6. The summed E-state index contributed by atoms with van der Waals surface area (Å²) in [5.74, 6) is 0.170. The predicted molar refractivity (Wildman–Crippen MR) is 209 cm³/mol. The highest BCUT2D eigenvalue weighted by atomic mass is 16.5. The fraction of sp³-hybridized carbons (Fsp3) is 0.130. The molecule has 4 nitrogen and oxygen atoms in total. The minimum absolute atomic E-state index is 0.0751. The van der Waals surface area contributed by atoms with E-state index >= 15 is 0 Å². The number of aryl methyl sites for hydroxylation is 6. The molecule has 4 heteroatoms. The number of ether oxygens (including phenoxy) is 1. The first-order valence-corrected chi connectivity index (χ1v) is 16.7. The summed E-state index contributed by atoms with van der Waals surface area (Å²) < 4.78 is 5.26. The predicted octanol–water partition coefficient (Wildman–Crippen LogP) is 11.6. The van der Waals surface area contributed by atoms with Crippen molar-refractivity contribution in [1.82, 2.24) is 0 Å². The topological polar surface area (TPSA) is 55.4 Å². The van der Waals surface area contributed by atoms with E-state index in [1.54, 1.807) is 24.3 Å². The molecule has 6 rings (SSSR count). The average Bonchev–Trinajstić information content (AvgIpc) is 3.12. The van der Waals surface area contributed by atoms with Crippen LogP contribution in [0.1, 0.15) is 65.2 Å². The molecule has 0 heterocycles. The number of nitrogens with one attached hydrogen (secondary N) is 1. The lowest BCUT2D eigenvalue weighted by Gasteiger charge is -2.05. The monoisotopic (exact) mass is 659 g/mol. The van der Waals surface area contributed by atoms with Gasteiger partial charge in [-0.2, -0.15) is 0 Å². The van der Waals surface area contributed by atoms with Gasteiger partial charge in [0.1, 0.15) is 5.75 Å². The molecule has 1 amide bonds. The van der Waals surface area contributed by atoms with Gasteiger partial charge in [-0.15, -0.1) is 0 Å². The maximum absolute atomic E-state index is 11.9. The van der Waals surface area contributed by atoms with Gasteiger partial charge in [-0.25, -0.2) is 4.79 Å². The van der Waals surface area contributed by atoms with Gasteiger partial charge >= 0.3 is 5.97 Å². The molecule has 0 bridgehead atoms. The molecular weight excluding hydrogens is 615 g/mol. The quantitative estimate of drug-likeness (QED) is 0.110. The van der Waals surface area contributed by atoms with Crippen LogP contribution in [0, 0.1) is 41.5 Å². The van der Waals surface area contributed by atoms with Crippen LogP contribution in [0.3, 0.4) is 0 Å². The van der Waals surface area contributed by atoms with Crippen LogP contribution in [-0.4, -0.2) is 11.9 Å². The summed E-state index contributed by atoms with van der Waals surface area (Å²) in [6.07, 6.45) is 4.29. The summed E-state index contributed by atoms with van der Waals surface area (Å²) in [7, 11) is 0. The Bertz CT molecular complexity index is 1820. The molecule has 1 N–H and O–H groups in total. The molecule has 50 heavy (non-hydrogen) atoms. The summed E-state index contributed by atoms with van der Waals surface area (Å²) in [4.78, 5) is 23.7. The van der Waals surface area contributed by atoms with Crippen LogP contribution in [0.15, 0.2) is 146 Å². The molecule has 0 aliphatic heterocycles. The van der Waals surface area contributed by atoms with Crippen LogP contribution < -0.4 is 10.1 Å². The normalized spacial score (nSPS) is 10.3. The van der Waals surface area contributed by atoms with E-state index in [-0.39, 0.29) is 11.9 Å². The first-order chi connectivity index (χ1) is 24.0. The number of carbonyl (C=O) groups excluding carboxylic acids is 2. The third-order valence-corrected chi connectivity index (χ3v) is 7.76. The Balaban J connectivity index is 0.000000169. The number of benzene rings is 6. The van der Waals surface area contributed by atoms with Gasteiger partial charge in [-0.3, -0.25) is 4.79 Å². The second-order valence-electron chi connectivity index (χ2n) is 12.4. The van der Waals surface area contributed by atoms with Crippen molar-refractivity contribution in [2.75, 3.05) is 5.32 Å². The SMILES string of the molecule is Cc1ccc(/C=C/c2ccc(C)cc2)cc1.Cc1ccc(NC(=O)c2ccc(C)cc2)cc1.Cc1ccc(OC(=O)c2ccc(C)cc2)cc1. The molecule has 0 saturated heterocycles. The largest absolute Gasteiger partial charge is 0.423 e. The van der Waals surface area contributed by atoms with Crippen LogP contribution in [0.2, 0.25) is 0 Å². The minimum atomic E-state index is -0.325. The molecule has 6 aromatic carbocycles. The Hall–Kier alpha value is -6.00. The number of carbonyl (C=O) groups is 2. The molecule has 0 aliphatic rings. The number of rotatable bonds is 6. The van der Waals surface area contributed by atoms with Gasteiger partial charge in [-0.1, -0.05) is 143 Å². The standard InChI is InChI=1S/C16H16.C15H15NO.C15H14O2/c1-13-3-7-15(8-4-13)11-12-16-9-5-14(2)6-10-16;1-11-3-7-13(8-4-11)15(17)16-14-9-5-12(2)6-10-14;1-11-3-7-13(8-4-11)15(16)17-14-9-5-12(2)6-10-14/h3-12H,1-2H3;3-10H,1-2H3,(H,16,17);3-10H,1-2H3/b12-11+;;. The van der Waals surface area contributed by atoms with Crippen molar-refractivity contribution in [2.45, 2.75) is 41.5 Å². The Morgan fingerprint density at radius 3 is 1.14 bits per heavy atom. The number of hydrogen-bond donors (Lipinski definition) is 1. The molecule has 0 aromatic heterocycles. The first kappa shape index (κ1) is 36.8. The van der Waals surface area contributed by atoms with E-state index in [1.807, 2.05) is 100 Å². The summed E-state index contributed by atoms with van der Waals surface area (Å²) in [5, 5.41) is 2.87. The van der Waals surface area contributed by atoms with Crippen molar-refractivity contribution in [1.29, 1.82) is 0 Å². The van der Waals surface area contributed by atoms with Crippen LogP contribution >= 0.6 is 0 Å². The molecule has 0 fully saturated rings. The van der Waals surface area contributed by atoms with Crippen LogP contribution in [0.5, 0.6) is 5.75 Å². The van der Waals surface area contributed by atoms with Crippen molar-refractivity contribution < 1.29 is 14.3 Å². The Morgan fingerprint density at radius 2 is 0.740 bits per heavy atom. The number of anilines is 1. The smallest absolute Gasteiger partial charge is 0.343 e. The van der Waals surface area contributed by atoms with E-state index in [9.17, 15) is 9.59 Å². The van der Waals surface area contributed by atoms with Crippen LogP contribution in [0.4, 0.5) is 5.69 Å². The summed E-state index contributed by atoms with van der Waals surface area (Å²) in [6.45, 7) is 12.2.